The van der Waals surface area contributed by atoms with Crippen LogP contribution in [0.1, 0.15) is 12.0 Å². The molecule has 1 amide bonds. The van der Waals surface area contributed by atoms with Gasteiger partial charge in [-0.2, -0.15) is 24.5 Å². The third-order valence-electron chi connectivity index (χ3n) is 5.54. The first kappa shape index (κ1) is 23.0. The number of thiophene rings is 1. The van der Waals surface area contributed by atoms with Crippen LogP contribution in [0.25, 0.3) is 0 Å². The molecule has 30 heavy (non-hydrogen) atoms. The zero-order chi connectivity index (χ0) is 21.7. The van der Waals surface area contributed by atoms with E-state index < -0.39 is 12.1 Å². The summed E-state index contributed by atoms with van der Waals surface area (Å²) < 4.78 is 43.1. The summed E-state index contributed by atoms with van der Waals surface area (Å²) in [5, 5.41) is 11.4. The number of alkyl halides is 3. The first-order chi connectivity index (χ1) is 14.3. The van der Waals surface area contributed by atoms with E-state index in [-0.39, 0.29) is 12.0 Å². The predicted octanol–water partition coefficient (Wildman–Crippen LogP) is 2.08. The van der Waals surface area contributed by atoms with Crippen molar-refractivity contribution in [2.75, 3.05) is 46.0 Å². The Labute approximate surface area is 176 Å². The van der Waals surface area contributed by atoms with Gasteiger partial charge in [-0.15, -0.1) is 0 Å². The van der Waals surface area contributed by atoms with Crippen molar-refractivity contribution in [3.63, 3.8) is 0 Å². The molecular formula is C19H25F3N2O5S. The Kier molecular flexibility index (Phi) is 7.72. The fraction of sp³-hybridized carbons (Fsp3) is 0.684. The number of piperidine rings is 1. The molecule has 0 radical (unpaired) electrons. The molecule has 0 spiro atoms. The van der Waals surface area contributed by atoms with Gasteiger partial charge in [0.25, 0.3) is 0 Å². The molecule has 0 bridgehead atoms. The van der Waals surface area contributed by atoms with Crippen molar-refractivity contribution in [1.29, 1.82) is 0 Å². The molecular weight excluding hydrogens is 425 g/mol. The van der Waals surface area contributed by atoms with Crippen molar-refractivity contribution in [1.82, 2.24) is 9.80 Å². The molecule has 11 heteroatoms. The Morgan fingerprint density at radius 1 is 1.20 bits per heavy atom. The predicted molar refractivity (Wildman–Crippen MR) is 102 cm³/mol. The molecule has 3 aliphatic rings. The molecule has 3 fully saturated rings. The minimum atomic E-state index is -5.08. The van der Waals surface area contributed by atoms with E-state index in [1.807, 2.05) is 4.90 Å². The van der Waals surface area contributed by atoms with Crippen LogP contribution in [0.4, 0.5) is 13.2 Å². The van der Waals surface area contributed by atoms with E-state index in [4.69, 9.17) is 19.4 Å². The fourth-order valence-corrected chi connectivity index (χ4v) is 4.77. The molecule has 3 saturated heterocycles. The number of morpholine rings is 1. The fourth-order valence-electron chi connectivity index (χ4n) is 4.11. The van der Waals surface area contributed by atoms with E-state index in [1.54, 1.807) is 11.3 Å². The van der Waals surface area contributed by atoms with Crippen LogP contribution in [0.2, 0.25) is 0 Å². The Bertz CT molecular complexity index is 710. The first-order valence-corrected chi connectivity index (χ1v) is 10.7. The summed E-state index contributed by atoms with van der Waals surface area (Å²) in [5.41, 5.74) is 1.34. The quantitative estimate of drug-likeness (QED) is 0.760. The lowest BCUT2D eigenvalue weighted by molar-refractivity contribution is -0.192. The van der Waals surface area contributed by atoms with Crippen LogP contribution < -0.4 is 0 Å². The summed E-state index contributed by atoms with van der Waals surface area (Å²) >= 11 is 1.73. The van der Waals surface area contributed by atoms with E-state index >= 15 is 0 Å². The number of hydrogen-bond acceptors (Lipinski definition) is 6. The van der Waals surface area contributed by atoms with Crippen LogP contribution in [-0.4, -0.2) is 85.1 Å². The lowest BCUT2D eigenvalue weighted by Crippen LogP contribution is -2.54. The summed E-state index contributed by atoms with van der Waals surface area (Å²) in [4.78, 5) is 26.3. The normalized spacial score (nSPS) is 27.2. The number of aliphatic carboxylic acids is 1. The number of carbonyl (C=O) groups excluding carboxylic acids is 1. The van der Waals surface area contributed by atoms with Gasteiger partial charge in [0, 0.05) is 45.2 Å². The molecule has 4 heterocycles. The lowest BCUT2D eigenvalue weighted by Gasteiger charge is -2.41. The Morgan fingerprint density at radius 2 is 1.90 bits per heavy atom. The monoisotopic (exact) mass is 450 g/mol. The van der Waals surface area contributed by atoms with Gasteiger partial charge < -0.3 is 19.5 Å². The SMILES string of the molecule is O=C(O)C(F)(F)F.O=C([C@@H]1CN(Cc2ccsc2)C[C@H]2OCC[C@H]21)N1CCOCC1. The first-order valence-electron chi connectivity index (χ1n) is 9.77. The van der Waals surface area contributed by atoms with Gasteiger partial charge in [-0.05, 0) is 28.8 Å². The zero-order valence-electron chi connectivity index (χ0n) is 16.3. The van der Waals surface area contributed by atoms with Gasteiger partial charge in [0.05, 0.1) is 25.2 Å². The molecule has 0 saturated carbocycles. The minimum absolute atomic E-state index is 0.0768. The van der Waals surface area contributed by atoms with E-state index in [2.05, 4.69) is 21.7 Å². The lowest BCUT2D eigenvalue weighted by atomic mass is 9.81. The molecule has 1 aromatic heterocycles. The topological polar surface area (TPSA) is 79.3 Å². The highest BCUT2D eigenvalue weighted by atomic mass is 32.1. The average molecular weight is 450 g/mol. The largest absolute Gasteiger partial charge is 0.490 e. The van der Waals surface area contributed by atoms with Gasteiger partial charge in [-0.25, -0.2) is 4.79 Å². The van der Waals surface area contributed by atoms with Gasteiger partial charge >= 0.3 is 12.1 Å². The highest BCUT2D eigenvalue weighted by Gasteiger charge is 2.45. The molecule has 1 N–H and O–H groups in total. The number of carboxylic acid groups (broad SMARTS) is 1. The van der Waals surface area contributed by atoms with E-state index in [0.717, 1.165) is 45.8 Å². The van der Waals surface area contributed by atoms with E-state index in [9.17, 15) is 18.0 Å². The van der Waals surface area contributed by atoms with Gasteiger partial charge in [0.15, 0.2) is 0 Å². The Morgan fingerprint density at radius 3 is 2.50 bits per heavy atom. The molecule has 0 aliphatic carbocycles. The summed E-state index contributed by atoms with van der Waals surface area (Å²) in [6.45, 7) is 6.33. The number of halogens is 3. The molecule has 7 nitrogen and oxygen atoms in total. The van der Waals surface area contributed by atoms with Crippen molar-refractivity contribution in [3.8, 4) is 0 Å². The Balaban J connectivity index is 0.000000318. The molecule has 168 valence electrons. The number of nitrogens with zero attached hydrogens (tertiary/aromatic N) is 2. The van der Waals surface area contributed by atoms with Crippen molar-refractivity contribution in [3.05, 3.63) is 22.4 Å². The van der Waals surface area contributed by atoms with Gasteiger partial charge in [0.1, 0.15) is 0 Å². The van der Waals surface area contributed by atoms with E-state index in [1.165, 1.54) is 5.56 Å². The second kappa shape index (κ2) is 10.1. The standard InChI is InChI=1S/C17H24N2O3S.C2HF3O2/c20-17(19-3-6-21-7-4-19)15-10-18(9-13-2-8-23-12-13)11-16-14(15)1-5-22-16;3-2(4,5)1(6)7/h2,8,12,14-16H,1,3-7,9-11H2;(H,6,7)/t14-,15+,16+;/m0./s1. The number of rotatable bonds is 3. The summed E-state index contributed by atoms with van der Waals surface area (Å²) in [6, 6.07) is 2.17. The highest BCUT2D eigenvalue weighted by molar-refractivity contribution is 7.07. The molecule has 4 rings (SSSR count). The number of carboxylic acids is 1. The second-order valence-electron chi connectivity index (χ2n) is 7.53. The van der Waals surface area contributed by atoms with Gasteiger partial charge in [-0.3, -0.25) is 9.69 Å². The van der Waals surface area contributed by atoms with E-state index in [0.29, 0.717) is 25.0 Å². The molecule has 3 aliphatic heterocycles. The third kappa shape index (κ3) is 5.93. The van der Waals surface area contributed by atoms with Crippen LogP contribution in [0, 0.1) is 11.8 Å². The smallest absolute Gasteiger partial charge is 0.475 e. The highest BCUT2D eigenvalue weighted by Crippen LogP contribution is 2.35. The van der Waals surface area contributed by atoms with Crippen molar-refractivity contribution >= 4 is 23.2 Å². The molecule has 0 unspecified atom stereocenters. The van der Waals surface area contributed by atoms with Crippen LogP contribution in [-0.2, 0) is 25.6 Å². The number of carbonyl (C=O) groups is 2. The number of hydrogen-bond donors (Lipinski definition) is 1. The molecule has 3 atom stereocenters. The van der Waals surface area contributed by atoms with Crippen LogP contribution in [0.5, 0.6) is 0 Å². The number of ether oxygens (including phenoxy) is 2. The van der Waals surface area contributed by atoms with Crippen molar-refractivity contribution in [2.45, 2.75) is 25.2 Å². The summed E-state index contributed by atoms with van der Waals surface area (Å²) in [5.74, 6) is -1.98. The number of amides is 1. The maximum absolute atomic E-state index is 13.0. The van der Waals surface area contributed by atoms with Crippen LogP contribution in [0.15, 0.2) is 16.8 Å². The number of fused-ring (bicyclic) bond motifs is 1. The maximum atomic E-state index is 13.0. The third-order valence-corrected chi connectivity index (χ3v) is 6.27. The summed E-state index contributed by atoms with van der Waals surface area (Å²) in [6.07, 6.45) is -3.84. The molecule has 0 aromatic carbocycles. The zero-order valence-corrected chi connectivity index (χ0v) is 17.2. The van der Waals surface area contributed by atoms with Crippen LogP contribution in [0.3, 0.4) is 0 Å². The average Bonchev–Trinajstić information content (AvgIpc) is 3.39. The van der Waals surface area contributed by atoms with Gasteiger partial charge in [0.2, 0.25) is 5.91 Å². The minimum Gasteiger partial charge on any atom is -0.475 e. The second-order valence-corrected chi connectivity index (χ2v) is 8.31. The molecule has 1 aromatic rings. The maximum Gasteiger partial charge on any atom is 0.490 e. The van der Waals surface area contributed by atoms with Crippen molar-refractivity contribution < 1.29 is 37.3 Å². The van der Waals surface area contributed by atoms with Crippen LogP contribution >= 0.6 is 11.3 Å². The van der Waals surface area contributed by atoms with Crippen molar-refractivity contribution in [2.24, 2.45) is 11.8 Å². The number of likely N-dealkylation sites (tertiary alicyclic amines) is 1. The van der Waals surface area contributed by atoms with Gasteiger partial charge in [-0.1, -0.05) is 0 Å². The summed E-state index contributed by atoms with van der Waals surface area (Å²) in [7, 11) is 0. The Hall–Kier alpha value is -1.69.